The maximum Gasteiger partial charge on any atom is 0.118 e. The summed E-state index contributed by atoms with van der Waals surface area (Å²) in [4.78, 5) is 4.83. The lowest BCUT2D eigenvalue weighted by atomic mass is 10.1. The number of anilines is 2. The van der Waals surface area contributed by atoms with Gasteiger partial charge in [-0.25, -0.2) is 4.98 Å². The number of nitrogens with one attached hydrogen (secondary N) is 1. The maximum atomic E-state index is 8.95. The van der Waals surface area contributed by atoms with E-state index in [1.807, 2.05) is 66.7 Å². The van der Waals surface area contributed by atoms with Crippen LogP contribution in [0.3, 0.4) is 0 Å². The van der Waals surface area contributed by atoms with Crippen molar-refractivity contribution in [2.45, 2.75) is 6.42 Å². The van der Waals surface area contributed by atoms with Gasteiger partial charge in [-0.05, 0) is 54.1 Å². The molecular weight excluding hydrogens is 346 g/mol. The third kappa shape index (κ3) is 3.65. The van der Waals surface area contributed by atoms with E-state index in [1.165, 1.54) is 0 Å². The van der Waals surface area contributed by atoms with Crippen LogP contribution in [-0.2, 0) is 6.42 Å². The molecule has 3 aromatic carbocycles. The molecule has 4 rings (SSSR count). The lowest BCUT2D eigenvalue weighted by Gasteiger charge is -2.13. The topological polar surface area (TPSA) is 57.9 Å². The molecule has 4 nitrogen and oxygen atoms in total. The molecule has 0 saturated carbocycles. The first-order chi connectivity index (χ1) is 13.8. The molecule has 4 heteroatoms. The molecule has 1 aromatic heterocycles. The van der Waals surface area contributed by atoms with Gasteiger partial charge in [0.25, 0.3) is 0 Å². The molecule has 0 aliphatic heterocycles. The zero-order valence-electron chi connectivity index (χ0n) is 15.5. The number of methoxy groups -OCH3 is 1. The Morgan fingerprint density at radius 2 is 1.79 bits per heavy atom. The number of hydrogen-bond donors (Lipinski definition) is 1. The van der Waals surface area contributed by atoms with Crippen molar-refractivity contribution < 1.29 is 4.74 Å². The summed E-state index contributed by atoms with van der Waals surface area (Å²) in [7, 11) is 1.66. The maximum absolute atomic E-state index is 8.95. The molecule has 1 N–H and O–H groups in total. The minimum Gasteiger partial charge on any atom is -0.497 e. The van der Waals surface area contributed by atoms with Crippen molar-refractivity contribution in [3.05, 3.63) is 84.4 Å². The zero-order chi connectivity index (χ0) is 19.3. The van der Waals surface area contributed by atoms with Crippen molar-refractivity contribution in [2.75, 3.05) is 12.4 Å². The van der Waals surface area contributed by atoms with Gasteiger partial charge in [0.2, 0.25) is 0 Å². The van der Waals surface area contributed by atoms with Gasteiger partial charge in [-0.1, -0.05) is 30.3 Å². The Balaban J connectivity index is 1.78. The van der Waals surface area contributed by atoms with Crippen LogP contribution in [0.2, 0.25) is 0 Å². The number of pyridine rings is 1. The first-order valence-corrected chi connectivity index (χ1v) is 9.04. The van der Waals surface area contributed by atoms with E-state index in [1.54, 1.807) is 7.11 Å². The fraction of sp³-hybridized carbons (Fsp3) is 0.0833. The lowest BCUT2D eigenvalue weighted by Crippen LogP contribution is -1.96. The predicted octanol–water partition coefficient (Wildman–Crippen LogP) is 5.72. The zero-order valence-corrected chi connectivity index (χ0v) is 15.5. The van der Waals surface area contributed by atoms with Crippen LogP contribution >= 0.6 is 0 Å². The highest BCUT2D eigenvalue weighted by atomic mass is 16.5. The Kier molecular flexibility index (Phi) is 4.90. The smallest absolute Gasteiger partial charge is 0.118 e. The van der Waals surface area contributed by atoms with Crippen LogP contribution in [0.25, 0.3) is 22.2 Å². The van der Waals surface area contributed by atoms with Crippen LogP contribution in [0, 0.1) is 11.3 Å². The average Bonchev–Trinajstić information content (AvgIpc) is 2.74. The summed E-state index contributed by atoms with van der Waals surface area (Å²) < 4.78 is 5.25. The predicted molar refractivity (Wildman–Crippen MR) is 113 cm³/mol. The minimum absolute atomic E-state index is 0.393. The summed E-state index contributed by atoms with van der Waals surface area (Å²) >= 11 is 0. The average molecular weight is 365 g/mol. The van der Waals surface area contributed by atoms with Crippen molar-refractivity contribution >= 4 is 22.3 Å². The molecule has 0 amide bonds. The fourth-order valence-electron chi connectivity index (χ4n) is 3.19. The monoisotopic (exact) mass is 365 g/mol. The Morgan fingerprint density at radius 1 is 0.964 bits per heavy atom. The van der Waals surface area contributed by atoms with Crippen molar-refractivity contribution in [3.8, 4) is 23.1 Å². The summed E-state index contributed by atoms with van der Waals surface area (Å²) in [6.07, 6.45) is 0.393. The summed E-state index contributed by atoms with van der Waals surface area (Å²) in [6, 6.07) is 28.1. The largest absolute Gasteiger partial charge is 0.497 e. The molecule has 0 fully saturated rings. The Hall–Kier alpha value is -3.84. The van der Waals surface area contributed by atoms with Gasteiger partial charge in [-0.2, -0.15) is 5.26 Å². The first kappa shape index (κ1) is 17.6. The van der Waals surface area contributed by atoms with Gasteiger partial charge < -0.3 is 10.1 Å². The van der Waals surface area contributed by atoms with Crippen molar-refractivity contribution in [3.63, 3.8) is 0 Å². The third-order valence-corrected chi connectivity index (χ3v) is 4.59. The highest BCUT2D eigenvalue weighted by Crippen LogP contribution is 2.31. The first-order valence-electron chi connectivity index (χ1n) is 9.04. The van der Waals surface area contributed by atoms with Crippen LogP contribution in [0.4, 0.5) is 11.4 Å². The second-order valence-electron chi connectivity index (χ2n) is 6.46. The van der Waals surface area contributed by atoms with Crippen LogP contribution in [-0.4, -0.2) is 12.1 Å². The van der Waals surface area contributed by atoms with Gasteiger partial charge >= 0.3 is 0 Å². The summed E-state index contributed by atoms with van der Waals surface area (Å²) in [5.41, 5.74) is 5.74. The van der Waals surface area contributed by atoms with E-state index in [0.29, 0.717) is 6.42 Å². The minimum atomic E-state index is 0.393. The molecule has 0 aliphatic rings. The van der Waals surface area contributed by atoms with E-state index in [2.05, 4.69) is 23.5 Å². The van der Waals surface area contributed by atoms with Gasteiger partial charge in [0.15, 0.2) is 0 Å². The summed E-state index contributed by atoms with van der Waals surface area (Å²) in [5, 5.41) is 13.5. The standard InChI is InChI=1S/C24H19N3O/c1-28-20-11-9-18(10-12-20)23-16-24(21-7-2-3-8-22(21)27-23)26-19-6-4-5-17(15-19)13-14-25/h2-12,15-16H,13H2,1H3,(H,26,27). The van der Waals surface area contributed by atoms with E-state index in [0.717, 1.165) is 44.8 Å². The van der Waals surface area contributed by atoms with Gasteiger partial charge in [0, 0.05) is 16.6 Å². The van der Waals surface area contributed by atoms with Crippen LogP contribution < -0.4 is 10.1 Å². The molecule has 0 unspecified atom stereocenters. The SMILES string of the molecule is COc1ccc(-c2cc(Nc3cccc(CC#N)c3)c3ccccc3n2)cc1. The number of nitrogens with zero attached hydrogens (tertiary/aromatic N) is 2. The van der Waals surface area contributed by atoms with Gasteiger partial charge in [-0.3, -0.25) is 0 Å². The number of nitriles is 1. The van der Waals surface area contributed by atoms with Crippen molar-refractivity contribution in [1.29, 1.82) is 5.26 Å². The second kappa shape index (κ2) is 7.81. The molecule has 0 atom stereocenters. The lowest BCUT2D eigenvalue weighted by molar-refractivity contribution is 0.415. The quantitative estimate of drug-likeness (QED) is 0.491. The van der Waals surface area contributed by atoms with Crippen molar-refractivity contribution in [2.24, 2.45) is 0 Å². The molecule has 4 aromatic rings. The van der Waals surface area contributed by atoms with E-state index < -0.39 is 0 Å². The molecule has 0 spiro atoms. The molecule has 28 heavy (non-hydrogen) atoms. The number of aromatic nitrogens is 1. The molecular formula is C24H19N3O. The van der Waals surface area contributed by atoms with E-state index in [-0.39, 0.29) is 0 Å². The van der Waals surface area contributed by atoms with Gasteiger partial charge in [-0.15, -0.1) is 0 Å². The van der Waals surface area contributed by atoms with E-state index in [4.69, 9.17) is 15.0 Å². The van der Waals surface area contributed by atoms with Gasteiger partial charge in [0.1, 0.15) is 5.75 Å². The highest BCUT2D eigenvalue weighted by molar-refractivity contribution is 5.95. The summed E-state index contributed by atoms with van der Waals surface area (Å²) in [6.45, 7) is 0. The molecule has 136 valence electrons. The van der Waals surface area contributed by atoms with E-state index >= 15 is 0 Å². The third-order valence-electron chi connectivity index (χ3n) is 4.59. The number of fused-ring (bicyclic) bond motifs is 1. The van der Waals surface area contributed by atoms with Crippen LogP contribution in [0.1, 0.15) is 5.56 Å². The van der Waals surface area contributed by atoms with Crippen molar-refractivity contribution in [1.82, 2.24) is 4.98 Å². The number of hydrogen-bond acceptors (Lipinski definition) is 4. The number of rotatable bonds is 5. The summed E-state index contributed by atoms with van der Waals surface area (Å²) in [5.74, 6) is 0.817. The molecule has 0 saturated heterocycles. The number of benzene rings is 3. The highest BCUT2D eigenvalue weighted by Gasteiger charge is 2.08. The van der Waals surface area contributed by atoms with Crippen LogP contribution in [0.5, 0.6) is 5.75 Å². The number of para-hydroxylation sites is 1. The normalized spacial score (nSPS) is 10.4. The van der Waals surface area contributed by atoms with E-state index in [9.17, 15) is 0 Å². The molecule has 1 heterocycles. The Morgan fingerprint density at radius 3 is 2.57 bits per heavy atom. The number of ether oxygens (including phenoxy) is 1. The Bertz CT molecular complexity index is 1160. The molecule has 0 radical (unpaired) electrons. The fourth-order valence-corrected chi connectivity index (χ4v) is 3.19. The van der Waals surface area contributed by atoms with Crippen LogP contribution in [0.15, 0.2) is 78.9 Å². The molecule has 0 bridgehead atoms. The molecule has 0 aliphatic carbocycles. The Labute approximate surface area is 164 Å². The second-order valence-corrected chi connectivity index (χ2v) is 6.46. The van der Waals surface area contributed by atoms with Gasteiger partial charge in [0.05, 0.1) is 36.5 Å².